The summed E-state index contributed by atoms with van der Waals surface area (Å²) in [5, 5.41) is 5.19. The lowest BCUT2D eigenvalue weighted by Gasteiger charge is -2.30. The van der Waals surface area contributed by atoms with Crippen LogP contribution in [0.2, 0.25) is 0 Å². The molecule has 0 aliphatic carbocycles. The van der Waals surface area contributed by atoms with Gasteiger partial charge in [-0.15, -0.1) is 0 Å². The SMILES string of the molecule is CC(C)[C@@H](NC(=O)[C@H]1CCCN1C(=O)OC(C)(C)C)C(=O)N[C@@H](C)C(N)=O. The highest BCUT2D eigenvalue weighted by Gasteiger charge is 2.38. The lowest BCUT2D eigenvalue weighted by atomic mass is 10.0. The van der Waals surface area contributed by atoms with E-state index < -0.39 is 47.5 Å². The van der Waals surface area contributed by atoms with Crippen LogP contribution in [-0.4, -0.2) is 59.0 Å². The molecule has 3 atom stereocenters. The van der Waals surface area contributed by atoms with Crippen LogP contribution in [0.1, 0.15) is 54.4 Å². The lowest BCUT2D eigenvalue weighted by molar-refractivity contribution is -0.133. The number of rotatable bonds is 6. The zero-order valence-electron chi connectivity index (χ0n) is 17.0. The minimum absolute atomic E-state index is 0.217. The van der Waals surface area contributed by atoms with Crippen LogP contribution < -0.4 is 16.4 Å². The Morgan fingerprint density at radius 1 is 1.11 bits per heavy atom. The lowest BCUT2D eigenvalue weighted by Crippen LogP contribution is -2.57. The summed E-state index contributed by atoms with van der Waals surface area (Å²) in [6, 6.07) is -2.39. The number of amides is 4. The van der Waals surface area contributed by atoms with Crippen molar-refractivity contribution in [1.29, 1.82) is 0 Å². The van der Waals surface area contributed by atoms with Gasteiger partial charge >= 0.3 is 6.09 Å². The van der Waals surface area contributed by atoms with Crippen LogP contribution in [0, 0.1) is 5.92 Å². The van der Waals surface area contributed by atoms with Crippen LogP contribution in [0.4, 0.5) is 4.79 Å². The van der Waals surface area contributed by atoms with Crippen molar-refractivity contribution in [2.75, 3.05) is 6.54 Å². The first-order chi connectivity index (χ1) is 12.3. The first-order valence-corrected chi connectivity index (χ1v) is 9.23. The van der Waals surface area contributed by atoms with E-state index in [1.165, 1.54) is 11.8 Å². The van der Waals surface area contributed by atoms with Crippen LogP contribution in [0.15, 0.2) is 0 Å². The molecule has 0 radical (unpaired) electrons. The van der Waals surface area contributed by atoms with Gasteiger partial charge in [0, 0.05) is 6.54 Å². The minimum atomic E-state index is -0.847. The van der Waals surface area contributed by atoms with Crippen LogP contribution in [0.25, 0.3) is 0 Å². The van der Waals surface area contributed by atoms with Gasteiger partial charge in [-0.25, -0.2) is 4.79 Å². The summed E-state index contributed by atoms with van der Waals surface area (Å²) in [6.45, 7) is 10.7. The van der Waals surface area contributed by atoms with Gasteiger partial charge in [-0.05, 0) is 46.5 Å². The number of hydrogen-bond acceptors (Lipinski definition) is 5. The number of likely N-dealkylation sites (tertiary alicyclic amines) is 1. The monoisotopic (exact) mass is 384 g/mol. The maximum Gasteiger partial charge on any atom is 0.410 e. The van der Waals surface area contributed by atoms with E-state index in [1.54, 1.807) is 34.6 Å². The Morgan fingerprint density at radius 3 is 2.19 bits per heavy atom. The second-order valence-corrected chi connectivity index (χ2v) is 8.19. The maximum atomic E-state index is 12.7. The first-order valence-electron chi connectivity index (χ1n) is 9.23. The van der Waals surface area contributed by atoms with Gasteiger partial charge in [0.15, 0.2) is 0 Å². The Kier molecular flexibility index (Phi) is 7.62. The quantitative estimate of drug-likeness (QED) is 0.614. The van der Waals surface area contributed by atoms with Crippen molar-refractivity contribution in [3.63, 3.8) is 0 Å². The van der Waals surface area contributed by atoms with Crippen molar-refractivity contribution in [1.82, 2.24) is 15.5 Å². The molecule has 0 unspecified atom stereocenters. The van der Waals surface area contributed by atoms with Gasteiger partial charge in [0.1, 0.15) is 23.7 Å². The molecule has 1 fully saturated rings. The molecular weight excluding hydrogens is 352 g/mol. The van der Waals surface area contributed by atoms with Crippen molar-refractivity contribution >= 4 is 23.8 Å². The van der Waals surface area contributed by atoms with Crippen LogP contribution >= 0.6 is 0 Å². The molecule has 0 aromatic carbocycles. The molecule has 0 bridgehead atoms. The van der Waals surface area contributed by atoms with E-state index in [-0.39, 0.29) is 5.92 Å². The molecule has 4 N–H and O–H groups in total. The number of nitrogens with zero attached hydrogens (tertiary/aromatic N) is 1. The molecule has 0 aromatic heterocycles. The molecule has 0 aromatic rings. The molecule has 154 valence electrons. The van der Waals surface area contributed by atoms with Gasteiger partial charge in [0.25, 0.3) is 0 Å². The van der Waals surface area contributed by atoms with Crippen LogP contribution in [0.5, 0.6) is 0 Å². The molecule has 1 rings (SSSR count). The summed E-state index contributed by atoms with van der Waals surface area (Å²) >= 11 is 0. The van der Waals surface area contributed by atoms with Gasteiger partial charge in [0.05, 0.1) is 0 Å². The normalized spacial score (nSPS) is 19.4. The summed E-state index contributed by atoms with van der Waals surface area (Å²) in [7, 11) is 0. The third-order valence-corrected chi connectivity index (χ3v) is 4.22. The smallest absolute Gasteiger partial charge is 0.410 e. The van der Waals surface area contributed by atoms with E-state index >= 15 is 0 Å². The molecule has 1 heterocycles. The number of hydrogen-bond donors (Lipinski definition) is 3. The summed E-state index contributed by atoms with van der Waals surface area (Å²) in [6.07, 6.45) is 0.622. The summed E-state index contributed by atoms with van der Waals surface area (Å²) in [5.74, 6) is -1.79. The standard InChI is InChI=1S/C18H32N4O5/c1-10(2)13(16(25)20-11(3)14(19)23)21-15(24)12-8-7-9-22(12)17(26)27-18(4,5)6/h10-13H,7-9H2,1-6H3,(H2,19,23)(H,20,25)(H,21,24)/t11-,12+,13+/m0/s1. The summed E-state index contributed by atoms with van der Waals surface area (Å²) in [4.78, 5) is 50.0. The van der Waals surface area contributed by atoms with Crippen molar-refractivity contribution < 1.29 is 23.9 Å². The molecule has 9 heteroatoms. The molecule has 0 saturated carbocycles. The van der Waals surface area contributed by atoms with Crippen molar-refractivity contribution in [3.8, 4) is 0 Å². The fourth-order valence-corrected chi connectivity index (χ4v) is 2.74. The van der Waals surface area contributed by atoms with E-state index in [4.69, 9.17) is 10.5 Å². The fourth-order valence-electron chi connectivity index (χ4n) is 2.74. The third kappa shape index (κ3) is 6.73. The van der Waals surface area contributed by atoms with Crippen molar-refractivity contribution in [3.05, 3.63) is 0 Å². The Balaban J connectivity index is 2.81. The summed E-state index contributed by atoms with van der Waals surface area (Å²) < 4.78 is 5.36. The van der Waals surface area contributed by atoms with Crippen molar-refractivity contribution in [2.45, 2.75) is 78.1 Å². The molecule has 27 heavy (non-hydrogen) atoms. The van der Waals surface area contributed by atoms with Gasteiger partial charge in [-0.3, -0.25) is 19.3 Å². The highest BCUT2D eigenvalue weighted by Crippen LogP contribution is 2.21. The zero-order chi connectivity index (χ0) is 20.9. The second-order valence-electron chi connectivity index (χ2n) is 8.19. The molecule has 1 saturated heterocycles. The van der Waals surface area contributed by atoms with Gasteiger partial charge in [-0.1, -0.05) is 13.8 Å². The molecule has 0 spiro atoms. The number of nitrogens with two attached hydrogens (primary N) is 1. The highest BCUT2D eigenvalue weighted by molar-refractivity contribution is 5.93. The molecule has 9 nitrogen and oxygen atoms in total. The second kappa shape index (κ2) is 9.05. The highest BCUT2D eigenvalue weighted by atomic mass is 16.6. The number of primary amides is 1. The van der Waals surface area contributed by atoms with Crippen LogP contribution in [0.3, 0.4) is 0 Å². The largest absolute Gasteiger partial charge is 0.444 e. The van der Waals surface area contributed by atoms with E-state index in [2.05, 4.69) is 10.6 Å². The average molecular weight is 384 g/mol. The number of carbonyl (C=O) groups is 4. The van der Waals surface area contributed by atoms with E-state index in [0.29, 0.717) is 19.4 Å². The average Bonchev–Trinajstić information content (AvgIpc) is 2.99. The Labute approximate surface area is 160 Å². The first kappa shape index (κ1) is 22.7. The Hall–Kier alpha value is -2.32. The van der Waals surface area contributed by atoms with Gasteiger partial charge in [0.2, 0.25) is 17.7 Å². The fraction of sp³-hybridized carbons (Fsp3) is 0.778. The predicted octanol–water partition coefficient (Wildman–Crippen LogP) is 0.517. The minimum Gasteiger partial charge on any atom is -0.444 e. The molecule has 1 aliphatic rings. The topological polar surface area (TPSA) is 131 Å². The van der Waals surface area contributed by atoms with E-state index in [1.807, 2.05) is 0 Å². The van der Waals surface area contributed by atoms with E-state index in [9.17, 15) is 19.2 Å². The Bertz CT molecular complexity index is 585. The number of ether oxygens (including phenoxy) is 1. The Morgan fingerprint density at radius 2 is 1.70 bits per heavy atom. The summed E-state index contributed by atoms with van der Waals surface area (Å²) in [5.41, 5.74) is 4.50. The maximum absolute atomic E-state index is 12.7. The predicted molar refractivity (Wildman–Crippen MR) is 99.5 cm³/mol. The third-order valence-electron chi connectivity index (χ3n) is 4.22. The van der Waals surface area contributed by atoms with Crippen LogP contribution in [-0.2, 0) is 19.1 Å². The zero-order valence-corrected chi connectivity index (χ0v) is 17.0. The van der Waals surface area contributed by atoms with E-state index in [0.717, 1.165) is 0 Å². The molecule has 1 aliphatic heterocycles. The van der Waals surface area contributed by atoms with Crippen molar-refractivity contribution in [2.24, 2.45) is 11.7 Å². The number of carbonyl (C=O) groups excluding carboxylic acids is 4. The number of nitrogens with one attached hydrogen (secondary N) is 2. The molecule has 4 amide bonds. The van der Waals surface area contributed by atoms with Gasteiger partial charge < -0.3 is 21.1 Å². The molecular formula is C18H32N4O5. The van der Waals surface area contributed by atoms with Gasteiger partial charge in [-0.2, -0.15) is 0 Å².